The van der Waals surface area contributed by atoms with Crippen LogP contribution < -0.4 is 0 Å². The molecule has 8 nitrogen and oxygen atoms in total. The second-order valence-electron chi connectivity index (χ2n) is 13.8. The molecule has 0 aliphatic rings. The van der Waals surface area contributed by atoms with Crippen molar-refractivity contribution >= 4 is 17.9 Å². The summed E-state index contributed by atoms with van der Waals surface area (Å²) in [4.78, 5) is 36.7. The van der Waals surface area contributed by atoms with E-state index in [9.17, 15) is 19.5 Å². The lowest BCUT2D eigenvalue weighted by Gasteiger charge is -2.31. The number of rotatable bonds is 33. The lowest BCUT2D eigenvalue weighted by Crippen LogP contribution is -2.50. The number of carboxylic acid groups (broad SMARTS) is 1. The van der Waals surface area contributed by atoms with Crippen LogP contribution in [0.5, 0.6) is 0 Å². The summed E-state index contributed by atoms with van der Waals surface area (Å²) >= 11 is 0. The number of aliphatic carboxylic acids is 1. The minimum absolute atomic E-state index is 0.0535. The molecule has 0 amide bonds. The minimum atomic E-state index is -0.878. The number of quaternary nitrogens is 1. The number of ether oxygens (including phenoxy) is 3. The third-order valence-electron chi connectivity index (χ3n) is 8.37. The Morgan fingerprint density at radius 1 is 0.660 bits per heavy atom. The maximum absolute atomic E-state index is 12.6. The van der Waals surface area contributed by atoms with Crippen molar-refractivity contribution in [2.75, 3.05) is 41.0 Å². The predicted octanol–water partition coefficient (Wildman–Crippen LogP) is 9.35. The van der Waals surface area contributed by atoms with Crippen LogP contribution >= 0.6 is 0 Å². The van der Waals surface area contributed by atoms with Crippen molar-refractivity contribution in [3.05, 3.63) is 24.3 Å². The van der Waals surface area contributed by atoms with Gasteiger partial charge >= 0.3 is 17.9 Å². The summed E-state index contributed by atoms with van der Waals surface area (Å²) in [7, 11) is 5.51. The van der Waals surface area contributed by atoms with Crippen molar-refractivity contribution < 1.29 is 38.2 Å². The number of carboxylic acids is 1. The van der Waals surface area contributed by atoms with E-state index in [-0.39, 0.29) is 36.2 Å². The first-order chi connectivity index (χ1) is 22.6. The molecule has 0 saturated carbocycles. The van der Waals surface area contributed by atoms with E-state index < -0.39 is 18.1 Å². The molecule has 274 valence electrons. The van der Waals surface area contributed by atoms with Gasteiger partial charge in [0, 0.05) is 19.3 Å². The summed E-state index contributed by atoms with van der Waals surface area (Å²) in [5.41, 5.74) is 0. The van der Waals surface area contributed by atoms with Gasteiger partial charge in [0.2, 0.25) is 0 Å². The van der Waals surface area contributed by atoms with Gasteiger partial charge in [0.15, 0.2) is 12.1 Å². The van der Waals surface area contributed by atoms with Crippen molar-refractivity contribution in [1.82, 2.24) is 0 Å². The topological polar surface area (TPSA) is 99.1 Å². The van der Waals surface area contributed by atoms with Crippen LogP contribution in [0.1, 0.15) is 155 Å². The number of esters is 2. The Kier molecular flexibility index (Phi) is 29.7. The molecule has 0 aliphatic heterocycles. The van der Waals surface area contributed by atoms with E-state index in [4.69, 9.17) is 14.2 Å². The number of carbonyl (C=O) groups is 3. The first-order valence-electron chi connectivity index (χ1n) is 18.9. The van der Waals surface area contributed by atoms with E-state index in [1.165, 1.54) is 51.4 Å². The van der Waals surface area contributed by atoms with Crippen LogP contribution in [0.4, 0.5) is 0 Å². The molecule has 2 unspecified atom stereocenters. The molecule has 0 fully saturated rings. The van der Waals surface area contributed by atoms with Gasteiger partial charge in [0.1, 0.15) is 6.61 Å². The standard InChI is InChI=1S/C39H71NO7/c1-6-8-10-12-14-16-18-20-22-24-26-28-30-38(42)47-35(33-45-32-31-36(39(43)44)40(3,4)5)34-46-37(41)29-27-25-23-21-19-17-15-13-11-9-7-2/h8,10,14,16,35-36H,6-7,9,11-13,15,17-34H2,1-5H3/p+1/b10-8+,16-14+. The van der Waals surface area contributed by atoms with Crippen molar-refractivity contribution in [3.63, 3.8) is 0 Å². The van der Waals surface area contributed by atoms with Crippen molar-refractivity contribution in [2.24, 2.45) is 0 Å². The van der Waals surface area contributed by atoms with E-state index in [0.717, 1.165) is 70.6 Å². The Bertz CT molecular complexity index is 834. The molecule has 0 saturated heterocycles. The average Bonchev–Trinajstić information content (AvgIpc) is 3.01. The number of hydrogen-bond acceptors (Lipinski definition) is 6. The Hall–Kier alpha value is -2.19. The van der Waals surface area contributed by atoms with E-state index in [1.54, 1.807) is 0 Å². The second kappa shape index (κ2) is 31.1. The summed E-state index contributed by atoms with van der Waals surface area (Å²) in [6.07, 6.45) is 30.7. The summed E-state index contributed by atoms with van der Waals surface area (Å²) in [6.45, 7) is 4.59. The zero-order chi connectivity index (χ0) is 35.0. The third-order valence-corrected chi connectivity index (χ3v) is 8.37. The van der Waals surface area contributed by atoms with Gasteiger partial charge in [-0.05, 0) is 38.5 Å². The highest BCUT2D eigenvalue weighted by Gasteiger charge is 2.31. The largest absolute Gasteiger partial charge is 0.477 e. The van der Waals surface area contributed by atoms with E-state index in [1.807, 2.05) is 21.1 Å². The molecule has 0 heterocycles. The van der Waals surface area contributed by atoms with E-state index >= 15 is 0 Å². The lowest BCUT2D eigenvalue weighted by atomic mass is 10.1. The predicted molar refractivity (Wildman–Crippen MR) is 192 cm³/mol. The van der Waals surface area contributed by atoms with Crippen LogP contribution in [-0.2, 0) is 28.6 Å². The molecule has 0 aromatic heterocycles. The third kappa shape index (κ3) is 29.7. The SMILES string of the molecule is CC/C=C/C/C=C/CCCCCCCC(=O)OC(COCCC(C(=O)O)[N+](C)(C)C)COC(=O)CCCCCCCCCCCCC. The van der Waals surface area contributed by atoms with Crippen molar-refractivity contribution in [2.45, 2.75) is 167 Å². The van der Waals surface area contributed by atoms with Gasteiger partial charge in [-0.25, -0.2) is 4.79 Å². The molecular weight excluding hydrogens is 594 g/mol. The maximum atomic E-state index is 12.6. The Balaban J connectivity index is 4.45. The molecule has 0 radical (unpaired) electrons. The van der Waals surface area contributed by atoms with Gasteiger partial charge < -0.3 is 23.8 Å². The molecule has 0 aromatic rings. The van der Waals surface area contributed by atoms with Gasteiger partial charge in [-0.3, -0.25) is 9.59 Å². The van der Waals surface area contributed by atoms with Crippen LogP contribution in [-0.4, -0.2) is 80.6 Å². The summed E-state index contributed by atoms with van der Waals surface area (Å²) in [5, 5.41) is 9.57. The van der Waals surface area contributed by atoms with E-state index in [2.05, 4.69) is 38.2 Å². The zero-order valence-electron chi connectivity index (χ0n) is 31.0. The maximum Gasteiger partial charge on any atom is 0.362 e. The monoisotopic (exact) mass is 667 g/mol. The fraction of sp³-hybridized carbons (Fsp3) is 0.821. The van der Waals surface area contributed by atoms with Crippen LogP contribution in [0.3, 0.4) is 0 Å². The molecule has 0 spiro atoms. The highest BCUT2D eigenvalue weighted by molar-refractivity contribution is 5.72. The summed E-state index contributed by atoms with van der Waals surface area (Å²) in [6, 6.07) is -0.612. The molecular formula is C39H72NO7+. The number of nitrogens with zero attached hydrogens (tertiary/aromatic N) is 1. The molecule has 0 rings (SSSR count). The van der Waals surface area contributed by atoms with Gasteiger partial charge in [-0.15, -0.1) is 0 Å². The minimum Gasteiger partial charge on any atom is -0.477 e. The molecule has 0 bridgehead atoms. The fourth-order valence-electron chi connectivity index (χ4n) is 5.42. The summed E-state index contributed by atoms with van der Waals surface area (Å²) < 4.78 is 17.2. The first-order valence-corrected chi connectivity index (χ1v) is 18.9. The van der Waals surface area contributed by atoms with Gasteiger partial charge in [-0.1, -0.05) is 122 Å². The number of carbonyl (C=O) groups excluding carboxylic acids is 2. The quantitative estimate of drug-likeness (QED) is 0.0322. The Morgan fingerprint density at radius 3 is 1.74 bits per heavy atom. The fourth-order valence-corrected chi connectivity index (χ4v) is 5.42. The van der Waals surface area contributed by atoms with Crippen LogP contribution in [0, 0.1) is 0 Å². The second-order valence-corrected chi connectivity index (χ2v) is 13.8. The zero-order valence-corrected chi connectivity index (χ0v) is 31.0. The molecule has 0 aromatic carbocycles. The number of unbranched alkanes of at least 4 members (excludes halogenated alkanes) is 15. The number of likely N-dealkylation sites (N-methyl/N-ethyl adjacent to an activating group) is 1. The Labute approximate surface area is 288 Å². The normalized spacial score (nSPS) is 13.3. The van der Waals surface area contributed by atoms with Gasteiger partial charge in [0.05, 0.1) is 34.4 Å². The molecule has 0 aliphatic carbocycles. The average molecular weight is 667 g/mol. The van der Waals surface area contributed by atoms with Crippen LogP contribution in [0.15, 0.2) is 24.3 Å². The van der Waals surface area contributed by atoms with Crippen LogP contribution in [0.25, 0.3) is 0 Å². The Morgan fingerprint density at radius 2 is 1.19 bits per heavy atom. The number of hydrogen-bond donors (Lipinski definition) is 1. The highest BCUT2D eigenvalue weighted by atomic mass is 16.6. The van der Waals surface area contributed by atoms with Crippen molar-refractivity contribution in [3.8, 4) is 0 Å². The lowest BCUT2D eigenvalue weighted by molar-refractivity contribution is -0.887. The first kappa shape index (κ1) is 44.8. The summed E-state index contributed by atoms with van der Waals surface area (Å²) in [5.74, 6) is -1.49. The molecule has 8 heteroatoms. The van der Waals surface area contributed by atoms with Crippen molar-refractivity contribution in [1.29, 1.82) is 0 Å². The molecule has 1 N–H and O–H groups in total. The number of allylic oxidation sites excluding steroid dienone is 4. The van der Waals surface area contributed by atoms with Gasteiger partial charge in [0.25, 0.3) is 0 Å². The van der Waals surface area contributed by atoms with E-state index in [0.29, 0.717) is 19.3 Å². The highest BCUT2D eigenvalue weighted by Crippen LogP contribution is 2.14. The molecule has 47 heavy (non-hydrogen) atoms. The molecule has 2 atom stereocenters. The van der Waals surface area contributed by atoms with Gasteiger partial charge in [-0.2, -0.15) is 0 Å². The van der Waals surface area contributed by atoms with Crippen LogP contribution in [0.2, 0.25) is 0 Å². The smallest absolute Gasteiger partial charge is 0.362 e.